The van der Waals surface area contributed by atoms with Crippen LogP contribution < -0.4 is 10.6 Å². The Bertz CT molecular complexity index is 1060. The normalized spacial score (nSPS) is 10.8. The van der Waals surface area contributed by atoms with Gasteiger partial charge in [0.25, 0.3) is 5.91 Å². The van der Waals surface area contributed by atoms with Crippen LogP contribution in [-0.4, -0.2) is 23.6 Å². The number of anilines is 2. The highest BCUT2D eigenvalue weighted by atomic mass is 16.5. The fourth-order valence-corrected chi connectivity index (χ4v) is 2.87. The number of carbonyl (C=O) groups excluding carboxylic acids is 2. The van der Waals surface area contributed by atoms with Gasteiger partial charge in [-0.1, -0.05) is 32.0 Å². The number of hydrogen-bond donors (Lipinski definition) is 2. The molecule has 0 saturated carbocycles. The molecule has 0 unspecified atom stereocenters. The molecule has 0 aliphatic rings. The van der Waals surface area contributed by atoms with Crippen LogP contribution in [0.15, 0.2) is 48.5 Å². The quantitative estimate of drug-likeness (QED) is 0.618. The van der Waals surface area contributed by atoms with Gasteiger partial charge in [0.2, 0.25) is 0 Å². The fraction of sp³-hybridized carbons (Fsp3) is 0.261. The minimum absolute atomic E-state index is 0.253. The Hall–Kier alpha value is -3.41. The maximum Gasteiger partial charge on any atom is 0.411 e. The summed E-state index contributed by atoms with van der Waals surface area (Å²) in [6.07, 6.45) is -0.521. The molecule has 2 aromatic carbocycles. The summed E-state index contributed by atoms with van der Waals surface area (Å²) in [5.74, 6) is 0.00565. The van der Waals surface area contributed by atoms with Crippen LogP contribution in [0, 0.1) is 19.8 Å². The van der Waals surface area contributed by atoms with Gasteiger partial charge in [0, 0.05) is 16.8 Å². The van der Waals surface area contributed by atoms with E-state index >= 15 is 0 Å². The Morgan fingerprint density at radius 2 is 1.72 bits per heavy atom. The van der Waals surface area contributed by atoms with Crippen molar-refractivity contribution in [2.45, 2.75) is 27.7 Å². The van der Waals surface area contributed by atoms with Crippen LogP contribution >= 0.6 is 0 Å². The number of amides is 2. The number of rotatable bonds is 5. The van der Waals surface area contributed by atoms with E-state index in [-0.39, 0.29) is 11.8 Å². The van der Waals surface area contributed by atoms with E-state index in [0.29, 0.717) is 29.2 Å². The smallest absolute Gasteiger partial charge is 0.411 e. The molecule has 6 heteroatoms. The Balaban J connectivity index is 1.74. The van der Waals surface area contributed by atoms with Crippen molar-refractivity contribution < 1.29 is 14.3 Å². The third-order valence-corrected chi connectivity index (χ3v) is 4.32. The molecule has 3 aromatic rings. The van der Waals surface area contributed by atoms with Crippen LogP contribution in [0.25, 0.3) is 10.9 Å². The number of aromatic nitrogens is 1. The zero-order valence-electron chi connectivity index (χ0n) is 17.1. The van der Waals surface area contributed by atoms with Crippen molar-refractivity contribution >= 4 is 34.3 Å². The van der Waals surface area contributed by atoms with E-state index in [1.165, 1.54) is 0 Å². The number of ether oxygens (including phenoxy) is 1. The molecule has 0 bridgehead atoms. The van der Waals surface area contributed by atoms with E-state index in [1.54, 1.807) is 24.3 Å². The molecule has 2 amide bonds. The lowest BCUT2D eigenvalue weighted by Gasteiger charge is -2.11. The average Bonchev–Trinajstić information content (AvgIpc) is 2.66. The summed E-state index contributed by atoms with van der Waals surface area (Å²) in [6, 6.07) is 14.7. The van der Waals surface area contributed by atoms with E-state index in [4.69, 9.17) is 4.74 Å². The summed E-state index contributed by atoms with van der Waals surface area (Å²) in [6.45, 7) is 8.11. The Morgan fingerprint density at radius 3 is 2.45 bits per heavy atom. The maximum absolute atomic E-state index is 12.8. The van der Waals surface area contributed by atoms with Crippen LogP contribution in [-0.2, 0) is 4.74 Å². The van der Waals surface area contributed by atoms with E-state index < -0.39 is 6.09 Å². The number of hydrogen-bond acceptors (Lipinski definition) is 4. The van der Waals surface area contributed by atoms with Gasteiger partial charge in [0.15, 0.2) is 0 Å². The fourth-order valence-electron chi connectivity index (χ4n) is 2.87. The third kappa shape index (κ3) is 5.31. The highest BCUT2D eigenvalue weighted by Crippen LogP contribution is 2.21. The lowest BCUT2D eigenvalue weighted by Crippen LogP contribution is -2.17. The van der Waals surface area contributed by atoms with Crippen molar-refractivity contribution in [2.24, 2.45) is 5.92 Å². The SMILES string of the molecule is Cc1ccc2cc(C(=O)Nc3cccc(NC(=O)OCC(C)C)c3)c(C)nc2c1. The van der Waals surface area contributed by atoms with Gasteiger partial charge < -0.3 is 10.1 Å². The molecule has 3 rings (SSSR count). The molecule has 29 heavy (non-hydrogen) atoms. The highest BCUT2D eigenvalue weighted by Gasteiger charge is 2.13. The van der Waals surface area contributed by atoms with Crippen LogP contribution in [0.5, 0.6) is 0 Å². The van der Waals surface area contributed by atoms with Crippen LogP contribution in [0.2, 0.25) is 0 Å². The molecule has 0 spiro atoms. The lowest BCUT2D eigenvalue weighted by molar-refractivity contribution is 0.102. The van der Waals surface area contributed by atoms with Crippen LogP contribution in [0.4, 0.5) is 16.2 Å². The molecule has 150 valence electrons. The molecule has 0 fully saturated rings. The zero-order chi connectivity index (χ0) is 21.0. The van der Waals surface area contributed by atoms with E-state index in [1.807, 2.05) is 52.0 Å². The molecule has 0 radical (unpaired) electrons. The molecule has 0 aliphatic heterocycles. The van der Waals surface area contributed by atoms with Crippen molar-refractivity contribution in [3.8, 4) is 0 Å². The van der Waals surface area contributed by atoms with E-state index in [9.17, 15) is 9.59 Å². The number of aryl methyl sites for hydroxylation is 2. The first kappa shape index (κ1) is 20.3. The van der Waals surface area contributed by atoms with Gasteiger partial charge in [-0.05, 0) is 55.7 Å². The standard InChI is InChI=1S/C23H25N3O3/c1-14(2)13-29-23(28)26-19-7-5-6-18(12-19)25-22(27)20-11-17-9-8-15(3)10-21(17)24-16(20)4/h5-12,14H,13H2,1-4H3,(H,25,27)(H,26,28). The molecule has 6 nitrogen and oxygen atoms in total. The van der Waals surface area contributed by atoms with Gasteiger partial charge in [0.05, 0.1) is 23.4 Å². The second-order valence-electron chi connectivity index (χ2n) is 7.47. The molecule has 0 aliphatic carbocycles. The van der Waals surface area contributed by atoms with Crippen LogP contribution in [0.1, 0.15) is 35.5 Å². The van der Waals surface area contributed by atoms with Crippen molar-refractivity contribution in [3.63, 3.8) is 0 Å². The van der Waals surface area contributed by atoms with Crippen molar-refractivity contribution in [1.82, 2.24) is 4.98 Å². The van der Waals surface area contributed by atoms with Crippen molar-refractivity contribution in [1.29, 1.82) is 0 Å². The summed E-state index contributed by atoms with van der Waals surface area (Å²) in [5.41, 5.74) is 4.27. The van der Waals surface area contributed by atoms with Gasteiger partial charge in [-0.2, -0.15) is 0 Å². The van der Waals surface area contributed by atoms with Crippen molar-refractivity contribution in [3.05, 3.63) is 65.4 Å². The maximum atomic E-state index is 12.8. The monoisotopic (exact) mass is 391 g/mol. The molecule has 1 aromatic heterocycles. The summed E-state index contributed by atoms with van der Waals surface area (Å²) in [5, 5.41) is 6.45. The number of nitrogens with zero attached hydrogens (tertiary/aromatic N) is 1. The molecule has 0 saturated heterocycles. The van der Waals surface area contributed by atoms with Crippen molar-refractivity contribution in [2.75, 3.05) is 17.2 Å². The number of carbonyl (C=O) groups is 2. The number of pyridine rings is 1. The first-order valence-corrected chi connectivity index (χ1v) is 9.55. The first-order valence-electron chi connectivity index (χ1n) is 9.55. The molecule has 1 heterocycles. The van der Waals surface area contributed by atoms with Gasteiger partial charge in [-0.25, -0.2) is 4.79 Å². The number of benzene rings is 2. The predicted molar refractivity (Wildman–Crippen MR) is 115 cm³/mol. The zero-order valence-corrected chi connectivity index (χ0v) is 17.1. The van der Waals surface area contributed by atoms with E-state index in [2.05, 4.69) is 15.6 Å². The van der Waals surface area contributed by atoms with Gasteiger partial charge in [0.1, 0.15) is 0 Å². The molecule has 2 N–H and O–H groups in total. The second kappa shape index (κ2) is 8.73. The Labute approximate surface area is 170 Å². The number of nitrogens with one attached hydrogen (secondary N) is 2. The molecular formula is C23H25N3O3. The summed E-state index contributed by atoms with van der Waals surface area (Å²) in [7, 11) is 0. The highest BCUT2D eigenvalue weighted by molar-refractivity contribution is 6.07. The molecule has 0 atom stereocenters. The van der Waals surface area contributed by atoms with E-state index in [0.717, 1.165) is 16.5 Å². The molecular weight excluding hydrogens is 366 g/mol. The topological polar surface area (TPSA) is 80.3 Å². The average molecular weight is 391 g/mol. The van der Waals surface area contributed by atoms with Gasteiger partial charge in [-0.15, -0.1) is 0 Å². The number of fused-ring (bicyclic) bond motifs is 1. The summed E-state index contributed by atoms with van der Waals surface area (Å²) >= 11 is 0. The first-order chi connectivity index (χ1) is 13.8. The Morgan fingerprint density at radius 1 is 1.00 bits per heavy atom. The predicted octanol–water partition coefficient (Wildman–Crippen LogP) is 5.31. The summed E-state index contributed by atoms with van der Waals surface area (Å²) in [4.78, 5) is 29.2. The van der Waals surface area contributed by atoms with Gasteiger partial charge >= 0.3 is 6.09 Å². The van der Waals surface area contributed by atoms with Crippen LogP contribution in [0.3, 0.4) is 0 Å². The third-order valence-electron chi connectivity index (χ3n) is 4.32. The Kier molecular flexibility index (Phi) is 6.12. The lowest BCUT2D eigenvalue weighted by atomic mass is 10.1. The second-order valence-corrected chi connectivity index (χ2v) is 7.47. The largest absolute Gasteiger partial charge is 0.449 e. The van der Waals surface area contributed by atoms with Gasteiger partial charge in [-0.3, -0.25) is 15.1 Å². The summed E-state index contributed by atoms with van der Waals surface area (Å²) < 4.78 is 5.12. The minimum atomic E-state index is -0.521. The minimum Gasteiger partial charge on any atom is -0.449 e.